The fourth-order valence-electron chi connectivity index (χ4n) is 1.45. The molecule has 0 radical (unpaired) electrons. The molecule has 3 N–H and O–H groups in total. The van der Waals surface area contributed by atoms with Gasteiger partial charge in [-0.05, 0) is 31.6 Å². The quantitative estimate of drug-likeness (QED) is 0.665. The summed E-state index contributed by atoms with van der Waals surface area (Å²) in [6.07, 6.45) is 3.26. The van der Waals surface area contributed by atoms with Crippen LogP contribution < -0.4 is 10.6 Å². The monoisotopic (exact) mass is 310 g/mol. The van der Waals surface area contributed by atoms with Gasteiger partial charge in [0.25, 0.3) is 5.91 Å². The van der Waals surface area contributed by atoms with Crippen molar-refractivity contribution in [3.8, 4) is 0 Å². The molecule has 0 aliphatic carbocycles. The second kappa shape index (κ2) is 8.21. The molecule has 2 amide bonds. The first-order chi connectivity index (χ1) is 9.93. The lowest BCUT2D eigenvalue weighted by molar-refractivity contribution is -0.131. The van der Waals surface area contributed by atoms with Crippen LogP contribution in [0.4, 0.5) is 0 Å². The van der Waals surface area contributed by atoms with Crippen LogP contribution in [0.1, 0.15) is 34.8 Å². The number of carboxylic acid groups (broad SMARTS) is 1. The Morgan fingerprint density at radius 3 is 2.71 bits per heavy atom. The molecule has 0 saturated carbocycles. The van der Waals surface area contributed by atoms with E-state index in [9.17, 15) is 14.4 Å². The minimum atomic E-state index is -1.05. The zero-order valence-electron chi connectivity index (χ0n) is 11.9. The molecule has 1 rings (SSSR count). The van der Waals surface area contributed by atoms with E-state index in [1.165, 1.54) is 6.08 Å². The van der Waals surface area contributed by atoms with Crippen LogP contribution in [-0.4, -0.2) is 35.5 Å². The van der Waals surface area contributed by atoms with E-state index in [0.717, 1.165) is 23.8 Å². The Morgan fingerprint density at radius 1 is 1.38 bits per heavy atom. The maximum atomic E-state index is 12.0. The maximum absolute atomic E-state index is 12.0. The van der Waals surface area contributed by atoms with Crippen molar-refractivity contribution < 1.29 is 19.5 Å². The minimum absolute atomic E-state index is 0.229. The molecule has 1 aromatic heterocycles. The van der Waals surface area contributed by atoms with E-state index in [4.69, 9.17) is 5.11 Å². The summed E-state index contributed by atoms with van der Waals surface area (Å²) in [4.78, 5) is 35.1. The molecule has 0 aliphatic heterocycles. The first-order valence-electron chi connectivity index (χ1n) is 6.53. The van der Waals surface area contributed by atoms with Gasteiger partial charge in [-0.1, -0.05) is 6.92 Å². The highest BCUT2D eigenvalue weighted by molar-refractivity contribution is 7.14. The molecule has 0 aliphatic rings. The summed E-state index contributed by atoms with van der Waals surface area (Å²) in [5.74, 6) is -1.63. The van der Waals surface area contributed by atoms with Crippen LogP contribution in [0.25, 0.3) is 6.08 Å². The highest BCUT2D eigenvalue weighted by Crippen LogP contribution is 2.18. The summed E-state index contributed by atoms with van der Waals surface area (Å²) in [6.45, 7) is 4.13. The molecular formula is C14H18N2O4S. The van der Waals surface area contributed by atoms with E-state index in [1.807, 2.05) is 6.92 Å². The van der Waals surface area contributed by atoms with Gasteiger partial charge >= 0.3 is 5.97 Å². The van der Waals surface area contributed by atoms with E-state index in [-0.39, 0.29) is 11.8 Å². The number of aliphatic carboxylic acids is 1. The van der Waals surface area contributed by atoms with Crippen LogP contribution in [0.5, 0.6) is 0 Å². The first-order valence-corrected chi connectivity index (χ1v) is 7.35. The predicted molar refractivity (Wildman–Crippen MR) is 81.2 cm³/mol. The number of carbonyl (C=O) groups is 3. The van der Waals surface area contributed by atoms with Crippen molar-refractivity contribution in [3.05, 3.63) is 28.0 Å². The Morgan fingerprint density at radius 2 is 2.10 bits per heavy atom. The third-order valence-electron chi connectivity index (χ3n) is 2.53. The third-order valence-corrected chi connectivity index (χ3v) is 3.58. The Bertz CT molecular complexity index is 551. The van der Waals surface area contributed by atoms with Gasteiger partial charge in [0, 0.05) is 17.5 Å². The molecule has 0 fully saturated rings. The van der Waals surface area contributed by atoms with Gasteiger partial charge in [0.15, 0.2) is 0 Å². The molecule has 0 bridgehead atoms. The van der Waals surface area contributed by atoms with Crippen LogP contribution in [0.3, 0.4) is 0 Å². The molecule has 7 heteroatoms. The fourth-order valence-corrected chi connectivity index (χ4v) is 2.27. The van der Waals surface area contributed by atoms with E-state index in [0.29, 0.717) is 16.3 Å². The van der Waals surface area contributed by atoms with E-state index < -0.39 is 12.0 Å². The number of carboxylic acids is 1. The molecule has 114 valence electrons. The fraction of sp³-hybridized carbons (Fsp3) is 0.357. The second-order valence-electron chi connectivity index (χ2n) is 4.36. The van der Waals surface area contributed by atoms with Crippen LogP contribution in [0.15, 0.2) is 18.2 Å². The zero-order chi connectivity index (χ0) is 15.8. The third kappa shape index (κ3) is 5.78. The van der Waals surface area contributed by atoms with Gasteiger partial charge < -0.3 is 15.7 Å². The summed E-state index contributed by atoms with van der Waals surface area (Å²) in [5.41, 5.74) is 0. The van der Waals surface area contributed by atoms with Crippen LogP contribution in [-0.2, 0) is 9.59 Å². The molecule has 1 unspecified atom stereocenters. The summed E-state index contributed by atoms with van der Waals surface area (Å²) < 4.78 is 0. The van der Waals surface area contributed by atoms with Gasteiger partial charge in [-0.15, -0.1) is 11.3 Å². The average Bonchev–Trinajstić information content (AvgIpc) is 2.91. The number of carbonyl (C=O) groups excluding carboxylic acids is 2. The molecule has 1 heterocycles. The van der Waals surface area contributed by atoms with Crippen molar-refractivity contribution >= 4 is 35.2 Å². The Kier molecular flexibility index (Phi) is 6.61. The number of hydrogen-bond acceptors (Lipinski definition) is 4. The lowest BCUT2D eigenvalue weighted by atomic mass is 10.3. The number of thiophene rings is 1. The Labute approximate surface area is 126 Å². The SMILES string of the molecule is CCCNC(=O)C(C)NC(=O)c1ccc(C=CC(=O)O)s1. The zero-order valence-corrected chi connectivity index (χ0v) is 12.7. The van der Waals surface area contributed by atoms with Crippen molar-refractivity contribution in [1.82, 2.24) is 10.6 Å². The standard InChI is InChI=1S/C14H18N2O4S/c1-3-8-15-13(19)9(2)16-14(20)11-6-4-10(21-11)5-7-12(17)18/h4-7,9H,3,8H2,1-2H3,(H,15,19)(H,16,20)(H,17,18). The average molecular weight is 310 g/mol. The summed E-state index contributed by atoms with van der Waals surface area (Å²) in [7, 11) is 0. The normalized spacial score (nSPS) is 12.1. The number of nitrogens with one attached hydrogen (secondary N) is 2. The topological polar surface area (TPSA) is 95.5 Å². The number of hydrogen-bond donors (Lipinski definition) is 3. The molecular weight excluding hydrogens is 292 g/mol. The number of rotatable bonds is 7. The lowest BCUT2D eigenvalue weighted by Crippen LogP contribution is -2.44. The minimum Gasteiger partial charge on any atom is -0.478 e. The summed E-state index contributed by atoms with van der Waals surface area (Å²) in [5, 5.41) is 13.8. The smallest absolute Gasteiger partial charge is 0.328 e. The molecule has 21 heavy (non-hydrogen) atoms. The van der Waals surface area contributed by atoms with Gasteiger partial charge in [0.1, 0.15) is 6.04 Å². The van der Waals surface area contributed by atoms with E-state index in [2.05, 4.69) is 10.6 Å². The summed E-state index contributed by atoms with van der Waals surface area (Å²) in [6, 6.07) is 2.63. The summed E-state index contributed by atoms with van der Waals surface area (Å²) >= 11 is 1.16. The molecule has 0 saturated heterocycles. The van der Waals surface area contributed by atoms with Gasteiger partial charge in [0.05, 0.1) is 4.88 Å². The second-order valence-corrected chi connectivity index (χ2v) is 5.48. The van der Waals surface area contributed by atoms with E-state index >= 15 is 0 Å². The van der Waals surface area contributed by atoms with Crippen molar-refractivity contribution in [1.29, 1.82) is 0 Å². The van der Waals surface area contributed by atoms with E-state index in [1.54, 1.807) is 19.1 Å². The lowest BCUT2D eigenvalue weighted by Gasteiger charge is -2.12. The van der Waals surface area contributed by atoms with Gasteiger partial charge in [-0.25, -0.2) is 4.79 Å². The van der Waals surface area contributed by atoms with Crippen molar-refractivity contribution in [3.63, 3.8) is 0 Å². The molecule has 6 nitrogen and oxygen atoms in total. The Hall–Kier alpha value is -2.15. The predicted octanol–water partition coefficient (Wildman–Crippen LogP) is 1.49. The van der Waals surface area contributed by atoms with Crippen molar-refractivity contribution in [2.45, 2.75) is 26.3 Å². The molecule has 0 aromatic carbocycles. The highest BCUT2D eigenvalue weighted by atomic mass is 32.1. The van der Waals surface area contributed by atoms with Crippen molar-refractivity contribution in [2.24, 2.45) is 0 Å². The maximum Gasteiger partial charge on any atom is 0.328 e. The van der Waals surface area contributed by atoms with Crippen LogP contribution in [0, 0.1) is 0 Å². The van der Waals surface area contributed by atoms with Gasteiger partial charge in [-0.3, -0.25) is 9.59 Å². The number of amides is 2. The molecule has 1 atom stereocenters. The van der Waals surface area contributed by atoms with Crippen molar-refractivity contribution in [2.75, 3.05) is 6.54 Å². The molecule has 0 spiro atoms. The Balaban J connectivity index is 2.59. The van der Waals surface area contributed by atoms with Gasteiger partial charge in [0.2, 0.25) is 5.91 Å². The van der Waals surface area contributed by atoms with Crippen LogP contribution >= 0.6 is 11.3 Å². The first kappa shape index (κ1) is 16.9. The largest absolute Gasteiger partial charge is 0.478 e. The molecule has 1 aromatic rings. The van der Waals surface area contributed by atoms with Crippen LogP contribution in [0.2, 0.25) is 0 Å². The highest BCUT2D eigenvalue weighted by Gasteiger charge is 2.17. The van der Waals surface area contributed by atoms with Gasteiger partial charge in [-0.2, -0.15) is 0 Å².